The summed E-state index contributed by atoms with van der Waals surface area (Å²) in [6.07, 6.45) is -0.949. The zero-order valence-corrected chi connectivity index (χ0v) is 10.7. The van der Waals surface area contributed by atoms with Gasteiger partial charge in [-0.1, -0.05) is 0 Å². The molecule has 4 N–H and O–H groups in total. The van der Waals surface area contributed by atoms with Crippen LogP contribution in [0.2, 0.25) is 0 Å². The van der Waals surface area contributed by atoms with Gasteiger partial charge in [-0.05, 0) is 6.42 Å². The van der Waals surface area contributed by atoms with Crippen LogP contribution >= 0.6 is 0 Å². The Balaban J connectivity index is 1.95. The Morgan fingerprint density at radius 1 is 1.32 bits per heavy atom. The van der Waals surface area contributed by atoms with Crippen molar-refractivity contribution >= 4 is 11.9 Å². The van der Waals surface area contributed by atoms with Crippen LogP contribution in [0.25, 0.3) is 0 Å². The Kier molecular flexibility index (Phi) is 3.80. The summed E-state index contributed by atoms with van der Waals surface area (Å²) in [7, 11) is 0. The molecule has 0 aromatic carbocycles. The van der Waals surface area contributed by atoms with Crippen molar-refractivity contribution in [3.8, 4) is 0 Å². The van der Waals surface area contributed by atoms with Crippen molar-refractivity contribution in [3.63, 3.8) is 0 Å². The summed E-state index contributed by atoms with van der Waals surface area (Å²) in [5, 5.41) is 31.1. The lowest BCUT2D eigenvalue weighted by atomic mass is 10.1. The Labute approximate surface area is 110 Å². The third-order valence-corrected chi connectivity index (χ3v) is 3.81. The fraction of sp³-hybridized carbons (Fsp3) is 0.833. The summed E-state index contributed by atoms with van der Waals surface area (Å²) >= 11 is 0. The van der Waals surface area contributed by atoms with Crippen LogP contribution in [0.5, 0.6) is 0 Å². The smallest absolute Gasteiger partial charge is 0.303 e. The third-order valence-electron chi connectivity index (χ3n) is 3.81. The maximum Gasteiger partial charge on any atom is 0.303 e. The summed E-state index contributed by atoms with van der Waals surface area (Å²) in [5.74, 6) is -1.42. The first-order valence-corrected chi connectivity index (χ1v) is 6.37. The van der Waals surface area contributed by atoms with E-state index in [1.54, 1.807) is 0 Å². The molecule has 0 saturated heterocycles. The first-order chi connectivity index (χ1) is 8.89. The van der Waals surface area contributed by atoms with Crippen molar-refractivity contribution in [1.29, 1.82) is 0 Å². The average molecular weight is 273 g/mol. The number of hydrogen-bond donors (Lipinski definition) is 4. The average Bonchev–Trinajstić information content (AvgIpc) is 3.07. The molecule has 108 valence electrons. The SMILES string of the molecule is CC(=O)OC1(C(=O)N[C@@H]2C[C@H](CO)[C@@H](O)[C@H]2O)CC1. The number of rotatable bonds is 4. The summed E-state index contributed by atoms with van der Waals surface area (Å²) in [4.78, 5) is 23.0. The van der Waals surface area contributed by atoms with Gasteiger partial charge in [-0.2, -0.15) is 0 Å². The number of aliphatic hydroxyl groups is 3. The van der Waals surface area contributed by atoms with Gasteiger partial charge in [0.25, 0.3) is 5.91 Å². The largest absolute Gasteiger partial charge is 0.449 e. The van der Waals surface area contributed by atoms with E-state index in [1.165, 1.54) is 6.92 Å². The van der Waals surface area contributed by atoms with E-state index >= 15 is 0 Å². The van der Waals surface area contributed by atoms with Crippen LogP contribution in [0.4, 0.5) is 0 Å². The number of carbonyl (C=O) groups excluding carboxylic acids is 2. The van der Waals surface area contributed by atoms with Crippen LogP contribution in [0.1, 0.15) is 26.2 Å². The van der Waals surface area contributed by atoms with E-state index in [0.717, 1.165) is 0 Å². The van der Waals surface area contributed by atoms with E-state index in [1.807, 2.05) is 0 Å². The molecule has 0 unspecified atom stereocenters. The zero-order valence-electron chi connectivity index (χ0n) is 10.7. The first kappa shape index (κ1) is 14.2. The molecule has 7 heteroatoms. The Morgan fingerprint density at radius 2 is 1.95 bits per heavy atom. The number of hydrogen-bond acceptors (Lipinski definition) is 6. The summed E-state index contributed by atoms with van der Waals surface area (Å²) in [5.41, 5.74) is -1.10. The molecule has 0 radical (unpaired) electrons. The van der Waals surface area contributed by atoms with Crippen LogP contribution in [-0.2, 0) is 14.3 Å². The van der Waals surface area contributed by atoms with Crippen molar-refractivity contribution in [1.82, 2.24) is 5.32 Å². The Hall–Kier alpha value is -1.18. The highest BCUT2D eigenvalue weighted by Crippen LogP contribution is 2.40. The molecule has 2 fully saturated rings. The highest BCUT2D eigenvalue weighted by atomic mass is 16.6. The van der Waals surface area contributed by atoms with E-state index < -0.39 is 41.6 Å². The molecule has 2 aliphatic rings. The van der Waals surface area contributed by atoms with Gasteiger partial charge in [-0.15, -0.1) is 0 Å². The molecule has 7 nitrogen and oxygen atoms in total. The molecule has 0 spiro atoms. The number of amides is 1. The lowest BCUT2D eigenvalue weighted by Gasteiger charge is -2.21. The van der Waals surface area contributed by atoms with Crippen molar-refractivity contribution in [2.45, 2.75) is 50.0 Å². The van der Waals surface area contributed by atoms with Crippen molar-refractivity contribution in [2.75, 3.05) is 6.61 Å². The minimum absolute atomic E-state index is 0.250. The number of esters is 1. The van der Waals surface area contributed by atoms with Crippen molar-refractivity contribution in [3.05, 3.63) is 0 Å². The standard InChI is InChI=1S/C12H19NO6/c1-6(15)19-12(2-3-12)11(18)13-8-4-7(5-14)9(16)10(8)17/h7-10,14,16-17H,2-5H2,1H3,(H,13,18)/t7-,8-,9-,10+/m1/s1. The number of nitrogens with one attached hydrogen (secondary N) is 1. The predicted molar refractivity (Wildman–Crippen MR) is 62.9 cm³/mol. The van der Waals surface area contributed by atoms with E-state index in [4.69, 9.17) is 9.84 Å². The minimum Gasteiger partial charge on any atom is -0.449 e. The number of ether oxygens (including phenoxy) is 1. The summed E-state index contributed by atoms with van der Waals surface area (Å²) in [6, 6.07) is -0.632. The van der Waals surface area contributed by atoms with Gasteiger partial charge in [0, 0.05) is 32.3 Å². The van der Waals surface area contributed by atoms with E-state index in [2.05, 4.69) is 5.32 Å². The number of carbonyl (C=O) groups is 2. The molecular weight excluding hydrogens is 254 g/mol. The molecule has 2 aliphatic carbocycles. The van der Waals surface area contributed by atoms with Crippen molar-refractivity contribution in [2.24, 2.45) is 5.92 Å². The predicted octanol–water partition coefficient (Wildman–Crippen LogP) is -1.70. The molecular formula is C12H19NO6. The second-order valence-corrected chi connectivity index (χ2v) is 5.33. The zero-order chi connectivity index (χ0) is 14.2. The van der Waals surface area contributed by atoms with Crippen LogP contribution in [0, 0.1) is 5.92 Å². The van der Waals surface area contributed by atoms with Crippen LogP contribution in [0.3, 0.4) is 0 Å². The Bertz CT molecular complexity index is 380. The summed E-state index contributed by atoms with van der Waals surface area (Å²) in [6.45, 7) is 0.989. The van der Waals surface area contributed by atoms with E-state index in [9.17, 15) is 19.8 Å². The highest BCUT2D eigenvalue weighted by Gasteiger charge is 2.55. The van der Waals surface area contributed by atoms with Gasteiger partial charge in [0.2, 0.25) is 0 Å². The van der Waals surface area contributed by atoms with E-state index in [-0.39, 0.29) is 6.61 Å². The number of aliphatic hydroxyl groups excluding tert-OH is 3. The quantitative estimate of drug-likeness (QED) is 0.454. The second-order valence-electron chi connectivity index (χ2n) is 5.33. The normalized spacial score (nSPS) is 35.8. The minimum atomic E-state index is -1.12. The molecule has 2 rings (SSSR count). The van der Waals surface area contributed by atoms with Gasteiger partial charge in [-0.3, -0.25) is 9.59 Å². The maximum atomic E-state index is 12.0. The molecule has 0 bridgehead atoms. The molecule has 0 aromatic heterocycles. The van der Waals surface area contributed by atoms with Gasteiger partial charge in [0.15, 0.2) is 5.60 Å². The molecule has 4 atom stereocenters. The topological polar surface area (TPSA) is 116 Å². The molecule has 0 heterocycles. The summed E-state index contributed by atoms with van der Waals surface area (Å²) < 4.78 is 4.99. The highest BCUT2D eigenvalue weighted by molar-refractivity contribution is 5.90. The van der Waals surface area contributed by atoms with Crippen LogP contribution < -0.4 is 5.32 Å². The van der Waals surface area contributed by atoms with Gasteiger partial charge in [0.05, 0.1) is 12.1 Å². The first-order valence-electron chi connectivity index (χ1n) is 6.37. The Morgan fingerprint density at radius 3 is 2.37 bits per heavy atom. The molecule has 1 amide bonds. The lowest BCUT2D eigenvalue weighted by molar-refractivity contribution is -0.157. The molecule has 0 aliphatic heterocycles. The lowest BCUT2D eigenvalue weighted by Crippen LogP contribution is -2.48. The maximum absolute atomic E-state index is 12.0. The molecule has 19 heavy (non-hydrogen) atoms. The van der Waals surface area contributed by atoms with Crippen LogP contribution in [0.15, 0.2) is 0 Å². The fourth-order valence-electron chi connectivity index (χ4n) is 2.51. The van der Waals surface area contributed by atoms with Crippen molar-refractivity contribution < 1.29 is 29.6 Å². The second kappa shape index (κ2) is 5.07. The fourth-order valence-corrected chi connectivity index (χ4v) is 2.51. The molecule has 0 aromatic rings. The molecule has 2 saturated carbocycles. The van der Waals surface area contributed by atoms with Gasteiger partial charge in [0.1, 0.15) is 6.10 Å². The third kappa shape index (κ3) is 2.72. The monoisotopic (exact) mass is 273 g/mol. The van der Waals surface area contributed by atoms with Gasteiger partial charge < -0.3 is 25.4 Å². The van der Waals surface area contributed by atoms with Gasteiger partial charge >= 0.3 is 5.97 Å². The van der Waals surface area contributed by atoms with Crippen LogP contribution in [-0.4, -0.2) is 57.7 Å². The van der Waals surface area contributed by atoms with Gasteiger partial charge in [-0.25, -0.2) is 0 Å². The van der Waals surface area contributed by atoms with E-state index in [0.29, 0.717) is 19.3 Å².